The summed E-state index contributed by atoms with van der Waals surface area (Å²) in [6.07, 6.45) is -0.00399. The van der Waals surface area contributed by atoms with Crippen molar-refractivity contribution in [2.24, 2.45) is 0 Å². The highest BCUT2D eigenvalue weighted by Gasteiger charge is 2.40. The molecule has 0 heterocycles. The second-order valence-electron chi connectivity index (χ2n) is 12.2. The first-order valence-electron chi connectivity index (χ1n) is 12.2. The van der Waals surface area contributed by atoms with Gasteiger partial charge in [-0.1, -0.05) is 93.9 Å². The molecule has 3 nitrogen and oxygen atoms in total. The summed E-state index contributed by atoms with van der Waals surface area (Å²) in [5, 5.41) is 1.06. The van der Waals surface area contributed by atoms with Gasteiger partial charge in [0.2, 0.25) is 0 Å². The molecular formula is C28H45BrO3Si2. The van der Waals surface area contributed by atoms with Crippen LogP contribution in [0, 0.1) is 0 Å². The maximum atomic E-state index is 6.78. The number of rotatable bonds is 10. The number of hydrogen-bond acceptors (Lipinski definition) is 3. The Labute approximate surface area is 219 Å². The molecule has 0 aliphatic heterocycles. The fourth-order valence-corrected chi connectivity index (χ4v) is 5.97. The zero-order valence-electron chi connectivity index (χ0n) is 22.9. The van der Waals surface area contributed by atoms with Crippen LogP contribution in [0.4, 0.5) is 0 Å². The number of benzene rings is 2. The first-order valence-corrected chi connectivity index (χ1v) is 19.2. The molecule has 6 heteroatoms. The van der Waals surface area contributed by atoms with Crippen molar-refractivity contribution in [2.75, 3.05) is 5.33 Å². The molecule has 0 spiro atoms. The lowest BCUT2D eigenvalue weighted by Crippen LogP contribution is -2.42. The van der Waals surface area contributed by atoms with E-state index in [9.17, 15) is 0 Å². The average Bonchev–Trinajstić information content (AvgIpc) is 2.74. The number of halogens is 1. The molecule has 0 N–H and O–H groups in total. The minimum Gasteiger partial charge on any atom is -0.489 e. The second-order valence-corrected chi connectivity index (χ2v) is 22.4. The zero-order chi connectivity index (χ0) is 25.8. The Kier molecular flexibility index (Phi) is 9.84. The van der Waals surface area contributed by atoms with Gasteiger partial charge in [-0.15, -0.1) is 0 Å². The lowest BCUT2D eigenvalue weighted by atomic mass is 10.1. The Balaban J connectivity index is 2.35. The van der Waals surface area contributed by atoms with Gasteiger partial charge in [0.05, 0.1) is 12.7 Å². The molecule has 0 aliphatic rings. The van der Waals surface area contributed by atoms with Crippen molar-refractivity contribution in [3.8, 4) is 5.75 Å². The Morgan fingerprint density at radius 2 is 1.38 bits per heavy atom. The largest absolute Gasteiger partial charge is 0.489 e. The molecule has 34 heavy (non-hydrogen) atoms. The van der Waals surface area contributed by atoms with E-state index in [1.54, 1.807) is 0 Å². The summed E-state index contributed by atoms with van der Waals surface area (Å²) >= 11 is 3.71. The van der Waals surface area contributed by atoms with Crippen molar-refractivity contribution in [3.63, 3.8) is 0 Å². The molecule has 1 atom stereocenters. The smallest absolute Gasteiger partial charge is 0.192 e. The van der Waals surface area contributed by atoms with Gasteiger partial charge >= 0.3 is 0 Å². The highest BCUT2D eigenvalue weighted by atomic mass is 79.9. The summed E-state index contributed by atoms with van der Waals surface area (Å²) < 4.78 is 19.7. The summed E-state index contributed by atoms with van der Waals surface area (Å²) in [5.74, 6) is 0.881. The van der Waals surface area contributed by atoms with Crippen LogP contribution >= 0.6 is 15.9 Å². The van der Waals surface area contributed by atoms with E-state index in [0.717, 1.165) is 22.2 Å². The van der Waals surface area contributed by atoms with Gasteiger partial charge in [0.25, 0.3) is 0 Å². The van der Waals surface area contributed by atoms with Crippen LogP contribution in [0.2, 0.25) is 36.3 Å². The molecular weight excluding hydrogens is 520 g/mol. The number of ether oxygens (including phenoxy) is 1. The second kappa shape index (κ2) is 11.4. The fourth-order valence-electron chi connectivity index (χ4n) is 2.98. The van der Waals surface area contributed by atoms with E-state index in [2.05, 4.69) is 114 Å². The molecule has 1 unspecified atom stereocenters. The van der Waals surface area contributed by atoms with E-state index in [0.29, 0.717) is 13.2 Å². The van der Waals surface area contributed by atoms with Crippen LogP contribution in [0.25, 0.3) is 0 Å². The van der Waals surface area contributed by atoms with Crippen molar-refractivity contribution in [3.05, 3.63) is 65.2 Å². The molecule has 0 radical (unpaired) electrons. The van der Waals surface area contributed by atoms with Crippen LogP contribution in [0.3, 0.4) is 0 Å². The molecule has 0 aromatic heterocycles. The molecule has 2 rings (SSSR count). The van der Waals surface area contributed by atoms with Gasteiger partial charge in [0.15, 0.2) is 16.6 Å². The van der Waals surface area contributed by atoms with Gasteiger partial charge < -0.3 is 13.6 Å². The third-order valence-corrected chi connectivity index (χ3v) is 17.0. The third kappa shape index (κ3) is 7.79. The fraction of sp³-hybridized carbons (Fsp3) is 0.571. The van der Waals surface area contributed by atoms with E-state index in [1.165, 1.54) is 5.56 Å². The molecule has 0 amide bonds. The molecule has 0 saturated carbocycles. The highest BCUT2D eigenvalue weighted by Crippen LogP contribution is 2.41. The van der Waals surface area contributed by atoms with Crippen LogP contribution in [0.15, 0.2) is 48.5 Å². The predicted molar refractivity (Wildman–Crippen MR) is 154 cm³/mol. The summed E-state index contributed by atoms with van der Waals surface area (Å²) in [6, 6.07) is 16.8. The lowest BCUT2D eigenvalue weighted by molar-refractivity contribution is 0.207. The van der Waals surface area contributed by atoms with Gasteiger partial charge in [0, 0.05) is 10.9 Å². The van der Waals surface area contributed by atoms with Crippen LogP contribution < -0.4 is 4.74 Å². The first-order chi connectivity index (χ1) is 15.6. The Morgan fingerprint density at radius 1 is 0.794 bits per heavy atom. The molecule has 2 aromatic carbocycles. The van der Waals surface area contributed by atoms with Crippen molar-refractivity contribution >= 4 is 32.6 Å². The SMILES string of the molecule is CC(C)(C)[Si](C)(C)OCc1cc(C(CBr)O[Si](C)(C)C(C)(C)C)ccc1OCc1ccccc1. The summed E-state index contributed by atoms with van der Waals surface area (Å²) in [4.78, 5) is 0. The van der Waals surface area contributed by atoms with Gasteiger partial charge in [-0.25, -0.2) is 0 Å². The van der Waals surface area contributed by atoms with E-state index in [1.807, 2.05) is 18.2 Å². The molecule has 2 aromatic rings. The van der Waals surface area contributed by atoms with Crippen LogP contribution in [0.1, 0.15) is 64.3 Å². The van der Waals surface area contributed by atoms with Crippen LogP contribution in [0.5, 0.6) is 5.75 Å². The Hall–Kier alpha value is -0.926. The van der Waals surface area contributed by atoms with Crippen LogP contribution in [-0.2, 0) is 22.1 Å². The van der Waals surface area contributed by atoms with E-state index in [4.69, 9.17) is 13.6 Å². The summed E-state index contributed by atoms with van der Waals surface area (Å²) in [5.41, 5.74) is 3.41. The molecule has 0 aliphatic carbocycles. The highest BCUT2D eigenvalue weighted by molar-refractivity contribution is 9.09. The maximum absolute atomic E-state index is 6.78. The van der Waals surface area contributed by atoms with E-state index >= 15 is 0 Å². The van der Waals surface area contributed by atoms with E-state index < -0.39 is 16.6 Å². The zero-order valence-corrected chi connectivity index (χ0v) is 26.5. The average molecular weight is 566 g/mol. The Bertz CT molecular complexity index is 915. The standard InChI is InChI=1S/C28H45BrO3Si2/c1-27(2,3)33(7,8)31-21-24-18-23(26(19-29)32-34(9,10)28(4,5)6)16-17-25(24)30-20-22-14-12-11-13-15-22/h11-18,26H,19-21H2,1-10H3. The molecule has 190 valence electrons. The minimum absolute atomic E-state index is 0.00399. The van der Waals surface area contributed by atoms with Gasteiger partial charge in [-0.05, 0) is 59.5 Å². The molecule has 0 fully saturated rings. The van der Waals surface area contributed by atoms with Crippen molar-refractivity contribution in [1.29, 1.82) is 0 Å². The minimum atomic E-state index is -1.92. The quantitative estimate of drug-likeness (QED) is 0.212. The van der Waals surface area contributed by atoms with Crippen LogP contribution in [-0.4, -0.2) is 22.0 Å². The topological polar surface area (TPSA) is 27.7 Å². The molecule has 0 bridgehead atoms. The molecule has 0 saturated heterocycles. The summed E-state index contributed by atoms with van der Waals surface area (Å²) in [6.45, 7) is 24.0. The van der Waals surface area contributed by atoms with Crippen molar-refractivity contribution in [1.82, 2.24) is 0 Å². The normalized spacial score (nSPS) is 14.2. The van der Waals surface area contributed by atoms with Gasteiger partial charge in [-0.3, -0.25) is 0 Å². The summed E-state index contributed by atoms with van der Waals surface area (Å²) in [7, 11) is -3.82. The van der Waals surface area contributed by atoms with Gasteiger partial charge in [0.1, 0.15) is 12.4 Å². The monoisotopic (exact) mass is 564 g/mol. The van der Waals surface area contributed by atoms with Crippen molar-refractivity contribution < 1.29 is 13.6 Å². The maximum Gasteiger partial charge on any atom is 0.192 e. The first kappa shape index (κ1) is 29.3. The van der Waals surface area contributed by atoms with Crippen molar-refractivity contribution in [2.45, 2.75) is 97.1 Å². The third-order valence-electron chi connectivity index (χ3n) is 7.47. The number of alkyl halides is 1. The van der Waals surface area contributed by atoms with Gasteiger partial charge in [-0.2, -0.15) is 0 Å². The van der Waals surface area contributed by atoms with E-state index in [-0.39, 0.29) is 16.2 Å². The predicted octanol–water partition coefficient (Wildman–Crippen LogP) is 9.25. The Morgan fingerprint density at radius 3 is 1.91 bits per heavy atom. The lowest BCUT2D eigenvalue weighted by Gasteiger charge is -2.39. The number of hydrogen-bond donors (Lipinski definition) is 0.